The molecule has 0 saturated carbocycles. The average molecular weight is 232 g/mol. The molecule has 2 heterocycles. The van der Waals surface area contributed by atoms with Gasteiger partial charge in [-0.05, 0) is 18.2 Å². The second-order valence-electron chi connectivity index (χ2n) is 4.20. The third-order valence-corrected chi connectivity index (χ3v) is 2.98. The van der Waals surface area contributed by atoms with Gasteiger partial charge in [-0.1, -0.05) is 6.07 Å². The van der Waals surface area contributed by atoms with Crippen molar-refractivity contribution in [3.63, 3.8) is 0 Å². The van der Waals surface area contributed by atoms with Crippen molar-refractivity contribution in [2.75, 3.05) is 26.3 Å². The summed E-state index contributed by atoms with van der Waals surface area (Å²) < 4.78 is 11.4. The fourth-order valence-corrected chi connectivity index (χ4v) is 2.09. The van der Waals surface area contributed by atoms with Crippen molar-refractivity contribution < 1.29 is 9.47 Å². The van der Waals surface area contributed by atoms with E-state index in [2.05, 4.69) is 10.3 Å². The van der Waals surface area contributed by atoms with Gasteiger partial charge in [0.05, 0.1) is 6.61 Å². The largest absolute Gasteiger partial charge is 0.490 e. The minimum absolute atomic E-state index is 0.151. The zero-order chi connectivity index (χ0) is 11.5. The molecule has 3 rings (SSSR count). The lowest BCUT2D eigenvalue weighted by Crippen LogP contribution is -2.41. The molecule has 0 radical (unpaired) electrons. The van der Waals surface area contributed by atoms with Crippen LogP contribution in [0, 0.1) is 0 Å². The van der Waals surface area contributed by atoms with Gasteiger partial charge >= 0.3 is 0 Å². The molecule has 0 spiro atoms. The van der Waals surface area contributed by atoms with Crippen molar-refractivity contribution >= 4 is 10.9 Å². The molecule has 1 aliphatic heterocycles. The fraction of sp³-hybridized carbons (Fsp3) is 0.385. The molecule has 1 aliphatic rings. The number of hydrogen-bond acceptors (Lipinski definition) is 3. The Morgan fingerprint density at radius 3 is 3.24 bits per heavy atom. The number of morpholine rings is 1. The van der Waals surface area contributed by atoms with E-state index in [0.717, 1.165) is 36.3 Å². The first kappa shape index (κ1) is 10.6. The van der Waals surface area contributed by atoms with Crippen LogP contribution in [0.2, 0.25) is 0 Å². The Labute approximate surface area is 99.9 Å². The number of ether oxygens (including phenoxy) is 2. The Hall–Kier alpha value is -1.52. The molecule has 1 fully saturated rings. The maximum Gasteiger partial charge on any atom is 0.128 e. The second-order valence-corrected chi connectivity index (χ2v) is 4.20. The van der Waals surface area contributed by atoms with Gasteiger partial charge in [0.1, 0.15) is 18.5 Å². The van der Waals surface area contributed by atoms with Crippen LogP contribution >= 0.6 is 0 Å². The van der Waals surface area contributed by atoms with Gasteiger partial charge in [0.15, 0.2) is 0 Å². The zero-order valence-electron chi connectivity index (χ0n) is 9.61. The van der Waals surface area contributed by atoms with E-state index < -0.39 is 0 Å². The molecule has 0 amide bonds. The molecular formula is C13H16N2O2. The minimum Gasteiger partial charge on any atom is -0.490 e. The lowest BCUT2D eigenvalue weighted by atomic mass is 10.2. The summed E-state index contributed by atoms with van der Waals surface area (Å²) in [7, 11) is 0. The molecule has 1 atom stereocenters. The Balaban J connectivity index is 1.69. The van der Waals surface area contributed by atoms with Gasteiger partial charge in [0, 0.05) is 30.2 Å². The van der Waals surface area contributed by atoms with E-state index >= 15 is 0 Å². The van der Waals surface area contributed by atoms with Crippen LogP contribution < -0.4 is 10.1 Å². The van der Waals surface area contributed by atoms with Crippen LogP contribution in [0.1, 0.15) is 0 Å². The van der Waals surface area contributed by atoms with Crippen molar-refractivity contribution in [2.45, 2.75) is 6.10 Å². The van der Waals surface area contributed by atoms with Gasteiger partial charge in [0.2, 0.25) is 0 Å². The Morgan fingerprint density at radius 2 is 2.35 bits per heavy atom. The quantitative estimate of drug-likeness (QED) is 0.843. The monoisotopic (exact) mass is 232 g/mol. The van der Waals surface area contributed by atoms with Gasteiger partial charge in [-0.3, -0.25) is 0 Å². The number of aromatic nitrogens is 1. The summed E-state index contributed by atoms with van der Waals surface area (Å²) in [6, 6.07) is 8.06. The van der Waals surface area contributed by atoms with E-state index in [1.807, 2.05) is 30.5 Å². The first-order chi connectivity index (χ1) is 8.43. The van der Waals surface area contributed by atoms with Crippen LogP contribution in [-0.4, -0.2) is 37.4 Å². The summed E-state index contributed by atoms with van der Waals surface area (Å²) in [5.74, 6) is 0.915. The molecule has 0 aliphatic carbocycles. The molecule has 1 saturated heterocycles. The van der Waals surface area contributed by atoms with Crippen LogP contribution in [0.3, 0.4) is 0 Å². The van der Waals surface area contributed by atoms with E-state index in [0.29, 0.717) is 6.61 Å². The SMILES string of the molecule is c1cc(OC[C@@H]2CNCCO2)c2cc[nH]c2c1. The van der Waals surface area contributed by atoms with Crippen LogP contribution in [0.5, 0.6) is 5.75 Å². The predicted octanol–water partition coefficient (Wildman–Crippen LogP) is 1.54. The van der Waals surface area contributed by atoms with Crippen LogP contribution in [-0.2, 0) is 4.74 Å². The van der Waals surface area contributed by atoms with Gasteiger partial charge in [-0.15, -0.1) is 0 Å². The summed E-state index contributed by atoms with van der Waals surface area (Å²) in [6.07, 6.45) is 2.08. The fourth-order valence-electron chi connectivity index (χ4n) is 2.09. The Bertz CT molecular complexity index is 489. The van der Waals surface area contributed by atoms with Gasteiger partial charge in [-0.25, -0.2) is 0 Å². The van der Waals surface area contributed by atoms with Gasteiger partial charge < -0.3 is 19.8 Å². The molecule has 1 aromatic heterocycles. The van der Waals surface area contributed by atoms with Crippen molar-refractivity contribution in [1.29, 1.82) is 0 Å². The highest BCUT2D eigenvalue weighted by Crippen LogP contribution is 2.24. The summed E-state index contributed by atoms with van der Waals surface area (Å²) in [6.45, 7) is 3.16. The molecule has 0 unspecified atom stereocenters. The smallest absolute Gasteiger partial charge is 0.128 e. The standard InChI is InChI=1S/C13H16N2O2/c1-2-12-11(4-5-15-12)13(3-1)17-9-10-8-14-6-7-16-10/h1-5,10,14-15H,6-9H2/t10-/m0/s1. The molecule has 1 aromatic carbocycles. The molecule has 17 heavy (non-hydrogen) atoms. The van der Waals surface area contributed by atoms with Crippen molar-refractivity contribution in [1.82, 2.24) is 10.3 Å². The number of benzene rings is 1. The molecule has 4 heteroatoms. The third kappa shape index (κ3) is 2.28. The maximum absolute atomic E-state index is 5.83. The van der Waals surface area contributed by atoms with Crippen LogP contribution in [0.25, 0.3) is 10.9 Å². The van der Waals surface area contributed by atoms with E-state index in [9.17, 15) is 0 Å². The summed E-state index contributed by atoms with van der Waals surface area (Å²) >= 11 is 0. The highest BCUT2D eigenvalue weighted by atomic mass is 16.5. The van der Waals surface area contributed by atoms with E-state index in [1.165, 1.54) is 0 Å². The number of hydrogen-bond donors (Lipinski definition) is 2. The first-order valence-corrected chi connectivity index (χ1v) is 5.95. The highest BCUT2D eigenvalue weighted by molar-refractivity contribution is 5.85. The van der Waals surface area contributed by atoms with E-state index in [-0.39, 0.29) is 6.10 Å². The number of aromatic amines is 1. The molecule has 2 N–H and O–H groups in total. The maximum atomic E-state index is 5.83. The third-order valence-electron chi connectivity index (χ3n) is 2.98. The lowest BCUT2D eigenvalue weighted by Gasteiger charge is -2.23. The normalized spacial score (nSPS) is 20.6. The van der Waals surface area contributed by atoms with Crippen LogP contribution in [0.15, 0.2) is 30.5 Å². The van der Waals surface area contributed by atoms with E-state index in [1.54, 1.807) is 0 Å². The van der Waals surface area contributed by atoms with Crippen molar-refractivity contribution in [2.24, 2.45) is 0 Å². The average Bonchev–Trinajstić information content (AvgIpc) is 2.86. The Kier molecular flexibility index (Phi) is 2.98. The molecule has 90 valence electrons. The zero-order valence-corrected chi connectivity index (χ0v) is 9.61. The summed E-state index contributed by atoms with van der Waals surface area (Å²) in [5.41, 5.74) is 1.10. The molecule has 2 aromatic rings. The summed E-state index contributed by atoms with van der Waals surface area (Å²) in [5, 5.41) is 4.41. The van der Waals surface area contributed by atoms with Gasteiger partial charge in [-0.2, -0.15) is 0 Å². The van der Waals surface area contributed by atoms with E-state index in [4.69, 9.17) is 9.47 Å². The highest BCUT2D eigenvalue weighted by Gasteiger charge is 2.14. The number of H-pyrrole nitrogens is 1. The molecule has 4 nitrogen and oxygen atoms in total. The lowest BCUT2D eigenvalue weighted by molar-refractivity contribution is 0.000514. The predicted molar refractivity (Wildman–Crippen MR) is 66.4 cm³/mol. The number of nitrogens with one attached hydrogen (secondary N) is 2. The Morgan fingerprint density at radius 1 is 1.35 bits per heavy atom. The number of fused-ring (bicyclic) bond motifs is 1. The molecular weight excluding hydrogens is 216 g/mol. The van der Waals surface area contributed by atoms with Crippen molar-refractivity contribution in [3.8, 4) is 5.75 Å². The topological polar surface area (TPSA) is 46.3 Å². The second kappa shape index (κ2) is 4.77. The first-order valence-electron chi connectivity index (χ1n) is 5.95. The van der Waals surface area contributed by atoms with Gasteiger partial charge in [0.25, 0.3) is 0 Å². The van der Waals surface area contributed by atoms with Crippen molar-refractivity contribution in [3.05, 3.63) is 30.5 Å². The number of rotatable bonds is 3. The van der Waals surface area contributed by atoms with Crippen LogP contribution in [0.4, 0.5) is 0 Å². The summed E-state index contributed by atoms with van der Waals surface area (Å²) in [4.78, 5) is 3.17. The minimum atomic E-state index is 0.151. The molecule has 0 bridgehead atoms.